The highest BCUT2D eigenvalue weighted by Gasteiger charge is 2.10. The van der Waals surface area contributed by atoms with E-state index in [4.69, 9.17) is 10.4 Å². The fourth-order valence-electron chi connectivity index (χ4n) is 0.649. The van der Waals surface area contributed by atoms with Gasteiger partial charge in [0.25, 0.3) is 0 Å². The third-order valence-corrected chi connectivity index (χ3v) is 1.17. The van der Waals surface area contributed by atoms with Crippen molar-refractivity contribution in [1.29, 1.82) is 5.26 Å². The van der Waals surface area contributed by atoms with Crippen LogP contribution in [-0.4, -0.2) is 11.4 Å². The molecule has 48 valence electrons. The normalized spacial score (nSPS) is 25.8. The van der Waals surface area contributed by atoms with Crippen molar-refractivity contribution >= 4 is 0 Å². The molecular weight excluding hydrogens is 118 g/mol. The molecule has 0 aromatic heterocycles. The van der Waals surface area contributed by atoms with Crippen LogP contribution in [0.25, 0.3) is 0 Å². The van der Waals surface area contributed by atoms with E-state index in [1.165, 1.54) is 6.26 Å². The summed E-state index contributed by atoms with van der Waals surface area (Å²) in [6.07, 6.45) is 1.76. The molecule has 0 fully saturated rings. The highest BCUT2D eigenvalue weighted by Crippen LogP contribution is 2.13. The van der Waals surface area contributed by atoms with Gasteiger partial charge in [-0.05, 0) is 6.42 Å². The molecule has 1 atom stereocenters. The Balaban J connectivity index is 2.53. The number of nitriles is 1. The van der Waals surface area contributed by atoms with Gasteiger partial charge in [-0.1, -0.05) is 0 Å². The maximum atomic E-state index is 8.75. The number of hydrogen-bond acceptors (Lipinski definition) is 3. The van der Waals surface area contributed by atoms with Crippen molar-refractivity contribution in [2.45, 2.75) is 19.1 Å². The van der Waals surface area contributed by atoms with Crippen molar-refractivity contribution in [3.05, 3.63) is 11.8 Å². The van der Waals surface area contributed by atoms with E-state index in [1.54, 1.807) is 0 Å². The molecule has 9 heavy (non-hydrogen) atoms. The van der Waals surface area contributed by atoms with Crippen LogP contribution < -0.4 is 0 Å². The van der Waals surface area contributed by atoms with Crippen LogP contribution in [0.3, 0.4) is 0 Å². The van der Waals surface area contributed by atoms with Crippen LogP contribution in [0.4, 0.5) is 0 Å². The Bertz CT molecular complexity index is 168. The number of nitrogens with zero attached hydrogens (tertiary/aromatic N) is 1. The molecule has 0 amide bonds. The lowest BCUT2D eigenvalue weighted by molar-refractivity contribution is -0.0636. The molecule has 1 N–H and O–H groups in total. The molecule has 0 saturated carbocycles. The van der Waals surface area contributed by atoms with E-state index in [9.17, 15) is 0 Å². The van der Waals surface area contributed by atoms with Crippen molar-refractivity contribution in [2.24, 2.45) is 0 Å². The molecule has 3 heteroatoms. The SMILES string of the molecule is N#CC1=COC(O)CC1. The molecule has 1 aliphatic heterocycles. The topological polar surface area (TPSA) is 53.2 Å². The van der Waals surface area contributed by atoms with Crippen LogP contribution in [0.2, 0.25) is 0 Å². The minimum atomic E-state index is -0.706. The molecule has 0 aromatic carbocycles. The molecule has 0 saturated heterocycles. The minimum absolute atomic E-state index is 0.527. The first kappa shape index (κ1) is 6.12. The van der Waals surface area contributed by atoms with E-state index in [0.717, 1.165) is 0 Å². The molecular formula is C6H7NO2. The first-order valence-electron chi connectivity index (χ1n) is 2.75. The van der Waals surface area contributed by atoms with Crippen LogP contribution in [0, 0.1) is 11.3 Å². The number of allylic oxidation sites excluding steroid dienone is 1. The van der Waals surface area contributed by atoms with Gasteiger partial charge in [0, 0.05) is 6.42 Å². The predicted octanol–water partition coefficient (Wildman–Crippen LogP) is 0.523. The Kier molecular flexibility index (Phi) is 1.71. The van der Waals surface area contributed by atoms with Gasteiger partial charge in [0.15, 0.2) is 6.29 Å². The van der Waals surface area contributed by atoms with Crippen LogP contribution in [0.1, 0.15) is 12.8 Å². The summed E-state index contributed by atoms with van der Waals surface area (Å²) in [5.74, 6) is 0. The van der Waals surface area contributed by atoms with Crippen molar-refractivity contribution in [2.75, 3.05) is 0 Å². The Morgan fingerprint density at radius 1 is 1.89 bits per heavy atom. The summed E-state index contributed by atoms with van der Waals surface area (Å²) >= 11 is 0. The molecule has 1 unspecified atom stereocenters. The maximum Gasteiger partial charge on any atom is 0.196 e. The molecule has 1 heterocycles. The van der Waals surface area contributed by atoms with Gasteiger partial charge in [-0.25, -0.2) is 0 Å². The minimum Gasteiger partial charge on any atom is -0.472 e. The van der Waals surface area contributed by atoms with Gasteiger partial charge >= 0.3 is 0 Å². The monoisotopic (exact) mass is 125 g/mol. The third-order valence-electron chi connectivity index (χ3n) is 1.17. The number of hydrogen-bond donors (Lipinski definition) is 1. The first-order valence-corrected chi connectivity index (χ1v) is 2.75. The molecule has 0 spiro atoms. The Morgan fingerprint density at radius 3 is 3.11 bits per heavy atom. The largest absolute Gasteiger partial charge is 0.472 e. The van der Waals surface area contributed by atoms with Gasteiger partial charge in [0.05, 0.1) is 11.6 Å². The second kappa shape index (κ2) is 2.51. The second-order valence-electron chi connectivity index (χ2n) is 1.88. The number of aliphatic hydroxyl groups is 1. The van der Waals surface area contributed by atoms with Gasteiger partial charge in [-0.15, -0.1) is 0 Å². The van der Waals surface area contributed by atoms with E-state index in [2.05, 4.69) is 4.74 Å². The quantitative estimate of drug-likeness (QED) is 0.513. The Labute approximate surface area is 53.2 Å². The van der Waals surface area contributed by atoms with E-state index >= 15 is 0 Å². The summed E-state index contributed by atoms with van der Waals surface area (Å²) in [5.41, 5.74) is 0.598. The van der Waals surface area contributed by atoms with E-state index in [0.29, 0.717) is 18.4 Å². The van der Waals surface area contributed by atoms with Gasteiger partial charge in [0.2, 0.25) is 0 Å². The standard InChI is InChI=1S/C6H7NO2/c7-3-5-1-2-6(8)9-4-5/h4,6,8H,1-2H2. The summed E-state index contributed by atoms with van der Waals surface area (Å²) in [6, 6.07) is 1.95. The average molecular weight is 125 g/mol. The molecule has 0 bridgehead atoms. The summed E-state index contributed by atoms with van der Waals surface area (Å²) < 4.78 is 4.65. The van der Waals surface area contributed by atoms with Crippen molar-refractivity contribution in [3.63, 3.8) is 0 Å². The molecule has 1 rings (SSSR count). The lowest BCUT2D eigenvalue weighted by Crippen LogP contribution is -2.12. The molecule has 0 aromatic rings. The van der Waals surface area contributed by atoms with Crippen molar-refractivity contribution < 1.29 is 9.84 Å². The van der Waals surface area contributed by atoms with Gasteiger partial charge in [0.1, 0.15) is 6.26 Å². The van der Waals surface area contributed by atoms with Crippen molar-refractivity contribution in [3.8, 4) is 6.07 Å². The van der Waals surface area contributed by atoms with E-state index in [-0.39, 0.29) is 0 Å². The third kappa shape index (κ3) is 1.44. The smallest absolute Gasteiger partial charge is 0.196 e. The zero-order chi connectivity index (χ0) is 6.69. The highest BCUT2D eigenvalue weighted by atomic mass is 16.6. The number of ether oxygens (including phenoxy) is 1. The lowest BCUT2D eigenvalue weighted by atomic mass is 10.1. The summed E-state index contributed by atoms with van der Waals surface area (Å²) in [7, 11) is 0. The summed E-state index contributed by atoms with van der Waals surface area (Å²) in [4.78, 5) is 0. The lowest BCUT2D eigenvalue weighted by Gasteiger charge is -2.14. The van der Waals surface area contributed by atoms with Crippen molar-refractivity contribution in [1.82, 2.24) is 0 Å². The Hall–Kier alpha value is -1.01. The zero-order valence-electron chi connectivity index (χ0n) is 4.87. The number of rotatable bonds is 0. The fourth-order valence-corrected chi connectivity index (χ4v) is 0.649. The Morgan fingerprint density at radius 2 is 2.67 bits per heavy atom. The predicted molar refractivity (Wildman–Crippen MR) is 30.0 cm³/mol. The molecule has 3 nitrogen and oxygen atoms in total. The van der Waals surface area contributed by atoms with Crippen LogP contribution in [-0.2, 0) is 4.74 Å². The van der Waals surface area contributed by atoms with Gasteiger partial charge in [-0.2, -0.15) is 5.26 Å². The van der Waals surface area contributed by atoms with Gasteiger partial charge < -0.3 is 9.84 Å². The fraction of sp³-hybridized carbons (Fsp3) is 0.500. The second-order valence-corrected chi connectivity index (χ2v) is 1.88. The first-order chi connectivity index (χ1) is 4.33. The molecule has 1 aliphatic rings. The van der Waals surface area contributed by atoms with E-state index < -0.39 is 6.29 Å². The van der Waals surface area contributed by atoms with Crippen LogP contribution in [0.5, 0.6) is 0 Å². The zero-order valence-corrected chi connectivity index (χ0v) is 4.87. The molecule has 0 aliphatic carbocycles. The number of aliphatic hydroxyl groups excluding tert-OH is 1. The maximum absolute atomic E-state index is 8.75. The summed E-state index contributed by atoms with van der Waals surface area (Å²) in [5, 5.41) is 17.0. The summed E-state index contributed by atoms with van der Waals surface area (Å²) in [6.45, 7) is 0. The molecule has 0 radical (unpaired) electrons. The average Bonchev–Trinajstić information content (AvgIpc) is 1.90. The van der Waals surface area contributed by atoms with Crippen LogP contribution in [0.15, 0.2) is 11.8 Å². The highest BCUT2D eigenvalue weighted by molar-refractivity contribution is 5.19. The van der Waals surface area contributed by atoms with Crippen LogP contribution >= 0.6 is 0 Å². The van der Waals surface area contributed by atoms with E-state index in [1.807, 2.05) is 6.07 Å². The van der Waals surface area contributed by atoms with Gasteiger partial charge in [-0.3, -0.25) is 0 Å².